The molecule has 0 atom stereocenters. The minimum atomic E-state index is -1.27. The number of aliphatic carboxylic acids is 1. The van der Waals surface area contributed by atoms with Crippen molar-refractivity contribution in [1.82, 2.24) is 0 Å². The highest BCUT2D eigenvalue weighted by molar-refractivity contribution is 5.91. The molecule has 0 aliphatic heterocycles. The van der Waals surface area contributed by atoms with Crippen LogP contribution in [-0.2, 0) is 9.53 Å². The number of esters is 1. The van der Waals surface area contributed by atoms with E-state index < -0.39 is 5.97 Å². The molecule has 0 amide bonds. The van der Waals surface area contributed by atoms with Crippen molar-refractivity contribution < 1.29 is 19.4 Å². The molecule has 0 radical (unpaired) electrons. The molecule has 0 aliphatic carbocycles. The van der Waals surface area contributed by atoms with Gasteiger partial charge in [0.05, 0.1) is 12.2 Å². The highest BCUT2D eigenvalue weighted by Gasteiger charge is 2.06. The molecule has 114 valence electrons. The van der Waals surface area contributed by atoms with E-state index in [2.05, 4.69) is 0 Å². The van der Waals surface area contributed by atoms with Gasteiger partial charge in [0.2, 0.25) is 0 Å². The number of ether oxygens (including phenoxy) is 1. The molecule has 0 aromatic heterocycles. The van der Waals surface area contributed by atoms with Gasteiger partial charge in [-0.2, -0.15) is 5.26 Å². The van der Waals surface area contributed by atoms with Gasteiger partial charge in [-0.15, -0.1) is 0 Å². The summed E-state index contributed by atoms with van der Waals surface area (Å²) < 4.78 is 5.09. The molecule has 1 aromatic carbocycles. The second-order valence-electron chi connectivity index (χ2n) is 4.47. The molecule has 0 bridgehead atoms. The van der Waals surface area contributed by atoms with E-state index in [9.17, 15) is 9.59 Å². The van der Waals surface area contributed by atoms with Gasteiger partial charge >= 0.3 is 11.9 Å². The summed E-state index contributed by atoms with van der Waals surface area (Å²) in [5.74, 6) is -1.63. The number of unbranched alkanes of at least 4 members (excludes halogenated alkanes) is 1. The maximum Gasteiger partial charge on any atom is 0.346 e. The fourth-order valence-electron chi connectivity index (χ4n) is 1.53. The molecule has 0 unspecified atom stereocenters. The molecule has 1 aromatic rings. The summed E-state index contributed by atoms with van der Waals surface area (Å²) in [6, 6.07) is 8.29. The van der Waals surface area contributed by atoms with Crippen LogP contribution in [0, 0.1) is 11.3 Å². The third kappa shape index (κ3) is 5.63. The van der Waals surface area contributed by atoms with Crippen molar-refractivity contribution in [2.24, 2.45) is 0 Å². The summed E-state index contributed by atoms with van der Waals surface area (Å²) >= 11 is 0. The molecule has 22 heavy (non-hydrogen) atoms. The first kappa shape index (κ1) is 17.2. The van der Waals surface area contributed by atoms with Gasteiger partial charge in [-0.05, 0) is 30.2 Å². The second-order valence-corrected chi connectivity index (χ2v) is 4.47. The van der Waals surface area contributed by atoms with Crippen molar-refractivity contribution >= 4 is 18.0 Å². The van der Waals surface area contributed by atoms with E-state index in [0.717, 1.165) is 18.4 Å². The maximum atomic E-state index is 11.7. The standard InChI is InChI=1S/C17H17NO4/c1-2-3-11-22-17(21)14-9-7-13(8-10-14)5-4-6-15(12-18)16(19)20/h4-10H,2-3,11H2,1H3,(H,19,20)/b5-4+,15-6+. The Morgan fingerprint density at radius 2 is 2.00 bits per heavy atom. The second kappa shape index (κ2) is 9.14. The Bertz CT molecular complexity index is 621. The first-order valence-corrected chi connectivity index (χ1v) is 6.87. The SMILES string of the molecule is CCCCOC(=O)c1ccc(/C=C/C=C(\C#N)C(=O)O)cc1. The van der Waals surface area contributed by atoms with E-state index >= 15 is 0 Å². The van der Waals surface area contributed by atoms with E-state index in [0.29, 0.717) is 12.2 Å². The van der Waals surface area contributed by atoms with E-state index in [1.807, 2.05) is 6.92 Å². The Balaban J connectivity index is 2.67. The Kier molecular flexibility index (Phi) is 7.14. The van der Waals surface area contributed by atoms with Crippen molar-refractivity contribution in [3.8, 4) is 6.07 Å². The minimum absolute atomic E-state index is 0.340. The summed E-state index contributed by atoms with van der Waals surface area (Å²) in [6.07, 6.45) is 6.14. The maximum absolute atomic E-state index is 11.7. The molecule has 0 aliphatic rings. The molecule has 1 rings (SSSR count). The number of carboxylic acids is 1. The van der Waals surface area contributed by atoms with Gasteiger partial charge in [0.15, 0.2) is 0 Å². The van der Waals surface area contributed by atoms with Crippen LogP contribution in [0.4, 0.5) is 0 Å². The highest BCUT2D eigenvalue weighted by Crippen LogP contribution is 2.08. The van der Waals surface area contributed by atoms with Crippen molar-refractivity contribution in [1.29, 1.82) is 5.26 Å². The van der Waals surface area contributed by atoms with Gasteiger partial charge in [0, 0.05) is 0 Å². The number of hydrogen-bond donors (Lipinski definition) is 1. The van der Waals surface area contributed by atoms with Crippen molar-refractivity contribution in [2.75, 3.05) is 6.61 Å². The normalized spacial score (nSPS) is 11.2. The zero-order valence-corrected chi connectivity index (χ0v) is 12.3. The fraction of sp³-hybridized carbons (Fsp3) is 0.235. The Hall–Kier alpha value is -2.87. The lowest BCUT2D eigenvalue weighted by atomic mass is 10.1. The highest BCUT2D eigenvalue weighted by atomic mass is 16.5. The third-order valence-corrected chi connectivity index (χ3v) is 2.78. The first-order valence-electron chi connectivity index (χ1n) is 6.87. The summed E-state index contributed by atoms with van der Waals surface area (Å²) in [5, 5.41) is 17.3. The van der Waals surface area contributed by atoms with Gasteiger partial charge < -0.3 is 9.84 Å². The smallest absolute Gasteiger partial charge is 0.346 e. The molecule has 1 N–H and O–H groups in total. The lowest BCUT2D eigenvalue weighted by Crippen LogP contribution is -2.06. The number of nitriles is 1. The van der Waals surface area contributed by atoms with Crippen LogP contribution in [0.25, 0.3) is 6.08 Å². The minimum Gasteiger partial charge on any atom is -0.477 e. The van der Waals surface area contributed by atoms with E-state index in [-0.39, 0.29) is 11.5 Å². The van der Waals surface area contributed by atoms with Crippen LogP contribution in [-0.4, -0.2) is 23.7 Å². The molecule has 0 saturated carbocycles. The first-order chi connectivity index (χ1) is 10.6. The van der Waals surface area contributed by atoms with Gasteiger partial charge in [-0.3, -0.25) is 0 Å². The van der Waals surface area contributed by atoms with Crippen molar-refractivity contribution in [3.63, 3.8) is 0 Å². The number of benzene rings is 1. The summed E-state index contributed by atoms with van der Waals surface area (Å²) in [7, 11) is 0. The van der Waals surface area contributed by atoms with Gasteiger partial charge in [-0.1, -0.05) is 37.6 Å². The number of carbonyl (C=O) groups is 2. The van der Waals surface area contributed by atoms with E-state index in [4.69, 9.17) is 15.1 Å². The molecule has 5 heteroatoms. The van der Waals surface area contributed by atoms with Crippen LogP contribution in [0.2, 0.25) is 0 Å². The average Bonchev–Trinajstić information content (AvgIpc) is 2.52. The van der Waals surface area contributed by atoms with Crippen molar-refractivity contribution in [3.05, 3.63) is 53.1 Å². The number of carbonyl (C=O) groups excluding carboxylic acids is 1. The topological polar surface area (TPSA) is 87.4 Å². The van der Waals surface area contributed by atoms with Crippen LogP contribution >= 0.6 is 0 Å². The predicted octanol–water partition coefficient (Wildman–Crippen LogP) is 3.19. The molecular weight excluding hydrogens is 282 g/mol. The monoisotopic (exact) mass is 299 g/mol. The Labute approximate surface area is 129 Å². The number of carboxylic acid groups (broad SMARTS) is 1. The molecule has 0 heterocycles. The van der Waals surface area contributed by atoms with E-state index in [1.54, 1.807) is 36.4 Å². The van der Waals surface area contributed by atoms with E-state index in [1.165, 1.54) is 12.2 Å². The fourth-order valence-corrected chi connectivity index (χ4v) is 1.53. The lowest BCUT2D eigenvalue weighted by Gasteiger charge is -2.03. The molecular formula is C17H17NO4. The lowest BCUT2D eigenvalue weighted by molar-refractivity contribution is -0.132. The number of hydrogen-bond acceptors (Lipinski definition) is 4. The summed E-state index contributed by atoms with van der Waals surface area (Å²) in [5.41, 5.74) is 0.906. The van der Waals surface area contributed by atoms with Gasteiger partial charge in [0.25, 0.3) is 0 Å². The third-order valence-electron chi connectivity index (χ3n) is 2.78. The molecule has 0 saturated heterocycles. The summed E-state index contributed by atoms with van der Waals surface area (Å²) in [6.45, 7) is 2.43. The average molecular weight is 299 g/mol. The molecule has 0 fully saturated rings. The largest absolute Gasteiger partial charge is 0.477 e. The van der Waals surface area contributed by atoms with Crippen molar-refractivity contribution in [2.45, 2.75) is 19.8 Å². The Morgan fingerprint density at radius 3 is 2.55 bits per heavy atom. The van der Waals surface area contributed by atoms with Crippen LogP contribution in [0.1, 0.15) is 35.7 Å². The molecule has 5 nitrogen and oxygen atoms in total. The Morgan fingerprint density at radius 1 is 1.32 bits per heavy atom. The van der Waals surface area contributed by atoms with Crippen LogP contribution in [0.5, 0.6) is 0 Å². The van der Waals surface area contributed by atoms with Gasteiger partial charge in [0.1, 0.15) is 11.6 Å². The quantitative estimate of drug-likeness (QED) is 0.275. The number of nitrogens with zero attached hydrogens (tertiary/aromatic N) is 1. The summed E-state index contributed by atoms with van der Waals surface area (Å²) in [4.78, 5) is 22.3. The number of rotatable bonds is 7. The number of allylic oxidation sites excluding steroid dienone is 2. The van der Waals surface area contributed by atoms with Gasteiger partial charge in [-0.25, -0.2) is 9.59 Å². The zero-order valence-electron chi connectivity index (χ0n) is 12.3. The zero-order chi connectivity index (χ0) is 16.4. The predicted molar refractivity (Wildman–Crippen MR) is 82.0 cm³/mol. The molecule has 0 spiro atoms. The van der Waals surface area contributed by atoms with Crippen LogP contribution in [0.3, 0.4) is 0 Å². The van der Waals surface area contributed by atoms with Crippen LogP contribution in [0.15, 0.2) is 42.0 Å². The van der Waals surface area contributed by atoms with Crippen LogP contribution < -0.4 is 0 Å².